The Morgan fingerprint density at radius 1 is 1.12 bits per heavy atom. The van der Waals surface area contributed by atoms with Gasteiger partial charge in [-0.1, -0.05) is 32.0 Å². The van der Waals surface area contributed by atoms with Crippen LogP contribution in [0.5, 0.6) is 0 Å². The smallest absolute Gasteiger partial charge is 0.416 e. The highest BCUT2D eigenvalue weighted by Gasteiger charge is 2.37. The summed E-state index contributed by atoms with van der Waals surface area (Å²) < 4.78 is 9.05. The number of nitrogens with zero attached hydrogens (tertiary/aromatic N) is 7. The van der Waals surface area contributed by atoms with E-state index >= 15 is 0 Å². The Morgan fingerprint density at radius 3 is 2.55 bits per heavy atom. The molecule has 1 aliphatic rings. The van der Waals surface area contributed by atoms with Crippen molar-refractivity contribution in [3.05, 3.63) is 72.1 Å². The maximum absolute atomic E-state index is 14.1. The van der Waals surface area contributed by atoms with Crippen LogP contribution >= 0.6 is 0 Å². The van der Waals surface area contributed by atoms with Gasteiger partial charge in [0.1, 0.15) is 17.7 Å². The Hall–Kier alpha value is -4.80. The molecule has 0 radical (unpaired) electrons. The number of benzene rings is 1. The molecular formula is C31H33N7O4. The van der Waals surface area contributed by atoms with Gasteiger partial charge in [-0.2, -0.15) is 9.61 Å². The molecule has 0 aliphatic heterocycles. The van der Waals surface area contributed by atoms with Crippen LogP contribution in [0.3, 0.4) is 0 Å². The molecule has 1 atom stereocenters. The largest absolute Gasteiger partial charge is 0.464 e. The zero-order valence-corrected chi connectivity index (χ0v) is 24.3. The van der Waals surface area contributed by atoms with Crippen molar-refractivity contribution in [2.45, 2.75) is 71.4 Å². The number of carbonyl (C=O) groups excluding carboxylic acids is 1. The summed E-state index contributed by atoms with van der Waals surface area (Å²) in [5.41, 5.74) is 4.46. The molecule has 1 N–H and O–H groups in total. The number of hydrogen-bond acceptors (Lipinski definition) is 7. The summed E-state index contributed by atoms with van der Waals surface area (Å²) >= 11 is 0. The molecule has 4 heterocycles. The second-order valence-electron chi connectivity index (χ2n) is 11.9. The Kier molecular flexibility index (Phi) is 6.67. The number of hydrogen-bond donors (Lipinski definition) is 1. The minimum atomic E-state index is -1.02. The van der Waals surface area contributed by atoms with E-state index in [4.69, 9.17) is 9.72 Å². The number of para-hydroxylation sites is 1. The van der Waals surface area contributed by atoms with E-state index in [-0.39, 0.29) is 12.0 Å². The number of amides is 1. The zero-order valence-electron chi connectivity index (χ0n) is 24.3. The Bertz CT molecular complexity index is 1820. The van der Waals surface area contributed by atoms with Gasteiger partial charge < -0.3 is 9.84 Å². The van der Waals surface area contributed by atoms with E-state index in [2.05, 4.69) is 28.9 Å². The van der Waals surface area contributed by atoms with Gasteiger partial charge in [-0.3, -0.25) is 4.90 Å². The molecule has 1 amide bonds. The molecular weight excluding hydrogens is 534 g/mol. The van der Waals surface area contributed by atoms with Crippen molar-refractivity contribution < 1.29 is 19.4 Å². The highest BCUT2D eigenvalue weighted by molar-refractivity contribution is 5.94. The van der Waals surface area contributed by atoms with E-state index < -0.39 is 17.8 Å². The molecule has 0 unspecified atom stereocenters. The maximum atomic E-state index is 14.1. The molecule has 1 aromatic carbocycles. The van der Waals surface area contributed by atoms with E-state index in [1.54, 1.807) is 28.0 Å². The summed E-state index contributed by atoms with van der Waals surface area (Å²) in [5, 5.41) is 15.6. The van der Waals surface area contributed by atoms with Crippen molar-refractivity contribution in [1.29, 1.82) is 0 Å². The normalized spacial score (nSPS) is 15.2. The fourth-order valence-corrected chi connectivity index (χ4v) is 5.79. The first-order chi connectivity index (χ1) is 20.0. The molecule has 0 bridgehead atoms. The fraction of sp³-hybridized carbons (Fsp3) is 0.355. The van der Waals surface area contributed by atoms with Crippen molar-refractivity contribution >= 4 is 34.6 Å². The van der Waals surface area contributed by atoms with Crippen molar-refractivity contribution in [1.82, 2.24) is 29.1 Å². The van der Waals surface area contributed by atoms with Crippen LogP contribution in [0.1, 0.15) is 63.8 Å². The van der Waals surface area contributed by atoms with Crippen LogP contribution in [-0.4, -0.2) is 58.1 Å². The van der Waals surface area contributed by atoms with Gasteiger partial charge in [0.25, 0.3) is 0 Å². The lowest BCUT2D eigenvalue weighted by atomic mass is 9.90. The average molecular weight is 568 g/mol. The molecule has 4 aromatic heterocycles. The molecule has 11 heteroatoms. The average Bonchev–Trinajstić information content (AvgIpc) is 3.52. The van der Waals surface area contributed by atoms with Gasteiger partial charge in [-0.25, -0.2) is 29.1 Å². The first-order valence-corrected chi connectivity index (χ1v) is 14.0. The van der Waals surface area contributed by atoms with Gasteiger partial charge in [0.2, 0.25) is 0 Å². The number of carboxylic acid groups (broad SMARTS) is 1. The summed E-state index contributed by atoms with van der Waals surface area (Å²) in [5.74, 6) is 0.648. The fourth-order valence-electron chi connectivity index (χ4n) is 5.79. The predicted octanol–water partition coefficient (Wildman–Crippen LogP) is 6.09. The zero-order chi connectivity index (χ0) is 29.8. The van der Waals surface area contributed by atoms with Crippen LogP contribution in [-0.2, 0) is 17.6 Å². The lowest BCUT2D eigenvalue weighted by Crippen LogP contribution is -2.47. The summed E-state index contributed by atoms with van der Waals surface area (Å²) in [6.45, 7) is 9.65. The van der Waals surface area contributed by atoms with Gasteiger partial charge in [-0.15, -0.1) is 0 Å². The summed E-state index contributed by atoms with van der Waals surface area (Å²) in [6, 6.07) is 8.99. The first-order valence-electron chi connectivity index (χ1n) is 14.0. The maximum Gasteiger partial charge on any atom is 0.416 e. The third kappa shape index (κ3) is 4.74. The molecule has 1 aliphatic carbocycles. The van der Waals surface area contributed by atoms with Gasteiger partial charge in [0.05, 0.1) is 17.4 Å². The van der Waals surface area contributed by atoms with E-state index in [1.807, 2.05) is 51.1 Å². The molecule has 6 rings (SSSR count). The lowest BCUT2D eigenvalue weighted by Gasteiger charge is -2.36. The van der Waals surface area contributed by atoms with E-state index in [1.165, 1.54) is 10.9 Å². The van der Waals surface area contributed by atoms with Crippen LogP contribution in [0.15, 0.2) is 55.2 Å². The minimum absolute atomic E-state index is 0.138. The van der Waals surface area contributed by atoms with E-state index in [0.717, 1.165) is 22.2 Å². The number of carbonyl (C=O) groups is 2. The molecule has 0 saturated carbocycles. The second-order valence-corrected chi connectivity index (χ2v) is 11.9. The van der Waals surface area contributed by atoms with Crippen LogP contribution in [0.4, 0.5) is 15.4 Å². The van der Waals surface area contributed by atoms with Crippen LogP contribution in [0.2, 0.25) is 0 Å². The summed E-state index contributed by atoms with van der Waals surface area (Å²) in [4.78, 5) is 41.3. The van der Waals surface area contributed by atoms with Crippen molar-refractivity contribution in [2.75, 3.05) is 4.90 Å². The number of ether oxygens (including phenoxy) is 1. The first kappa shape index (κ1) is 27.4. The second kappa shape index (κ2) is 10.2. The number of anilines is 1. The van der Waals surface area contributed by atoms with Gasteiger partial charge in [0, 0.05) is 46.7 Å². The Morgan fingerprint density at radius 2 is 1.86 bits per heavy atom. The minimum Gasteiger partial charge on any atom is -0.464 e. The van der Waals surface area contributed by atoms with Gasteiger partial charge in [-0.05, 0) is 57.6 Å². The van der Waals surface area contributed by atoms with Crippen molar-refractivity contribution in [3.8, 4) is 11.3 Å². The van der Waals surface area contributed by atoms with Gasteiger partial charge >= 0.3 is 12.2 Å². The molecule has 42 heavy (non-hydrogen) atoms. The Labute approximate surface area is 242 Å². The van der Waals surface area contributed by atoms with Gasteiger partial charge in [0.15, 0.2) is 5.65 Å². The molecule has 5 aromatic rings. The summed E-state index contributed by atoms with van der Waals surface area (Å²) in [6.07, 6.45) is 6.54. The van der Waals surface area contributed by atoms with E-state index in [9.17, 15) is 14.7 Å². The highest BCUT2D eigenvalue weighted by Crippen LogP contribution is 2.37. The lowest BCUT2D eigenvalue weighted by molar-refractivity contribution is 0.0560. The van der Waals surface area contributed by atoms with Crippen LogP contribution < -0.4 is 4.90 Å². The third-order valence-electron chi connectivity index (χ3n) is 7.59. The third-order valence-corrected chi connectivity index (χ3v) is 7.59. The SMILES string of the molecule is CC(C)c1cnn2c(N(C(=O)OC(C)(C)C)[C@@H]3CCc4c(c5ccccc5n4C(=O)O)C3)cc(-c3cncnc3)nc12. The van der Waals surface area contributed by atoms with Crippen LogP contribution in [0, 0.1) is 0 Å². The number of aromatic nitrogens is 6. The molecule has 0 fully saturated rings. The predicted molar refractivity (Wildman–Crippen MR) is 158 cm³/mol. The van der Waals surface area contributed by atoms with Crippen LogP contribution in [0.25, 0.3) is 27.8 Å². The summed E-state index contributed by atoms with van der Waals surface area (Å²) in [7, 11) is 0. The molecule has 11 nitrogen and oxygen atoms in total. The van der Waals surface area contributed by atoms with Crippen molar-refractivity contribution in [2.24, 2.45) is 0 Å². The standard InChI is InChI=1S/C31H33N7O4/c1-18(2)23-16-34-38-27(13-24(35-28(23)38)19-14-32-17-33-15-19)36(30(41)42-31(3,4)5)20-10-11-26-22(12-20)21-8-6-7-9-25(21)37(26)29(39)40/h6-9,13-18,20H,10-12H2,1-5H3,(H,39,40)/t20-/m1/s1. The number of fused-ring (bicyclic) bond motifs is 4. The molecule has 0 saturated heterocycles. The van der Waals surface area contributed by atoms with E-state index in [0.29, 0.717) is 47.5 Å². The van der Waals surface area contributed by atoms with Crippen molar-refractivity contribution in [3.63, 3.8) is 0 Å². The molecule has 216 valence electrons. The Balaban J connectivity index is 1.55. The highest BCUT2D eigenvalue weighted by atomic mass is 16.6. The monoisotopic (exact) mass is 567 g/mol. The quantitative estimate of drug-likeness (QED) is 0.276. The topological polar surface area (TPSA) is 128 Å². The number of rotatable bonds is 4. The molecule has 0 spiro atoms.